The summed E-state index contributed by atoms with van der Waals surface area (Å²) in [5.74, 6) is 1.66. The van der Waals surface area contributed by atoms with E-state index in [1.807, 2.05) is 5.23 Å². The summed E-state index contributed by atoms with van der Waals surface area (Å²) >= 11 is 0. The summed E-state index contributed by atoms with van der Waals surface area (Å²) in [5, 5.41) is 1.81. The van der Waals surface area contributed by atoms with Crippen LogP contribution in [0.4, 0.5) is 0 Å². The largest absolute Gasteiger partial charge is 0.347 e. The first-order chi connectivity index (χ1) is 14.7. The summed E-state index contributed by atoms with van der Waals surface area (Å²) in [6.45, 7) is 3.06. The molecule has 4 heteroatoms. The predicted octanol–water partition coefficient (Wildman–Crippen LogP) is 5.43. The van der Waals surface area contributed by atoms with Crippen LogP contribution in [0, 0.1) is 11.8 Å². The molecule has 0 radical (unpaired) electrons. The number of hydrogen-bond acceptors (Lipinski definition) is 4. The molecule has 0 aromatic heterocycles. The fraction of sp³-hybridized carbons (Fsp3) is 0.538. The van der Waals surface area contributed by atoms with Crippen LogP contribution in [0.25, 0.3) is 0 Å². The van der Waals surface area contributed by atoms with Crippen LogP contribution in [0.3, 0.4) is 0 Å². The van der Waals surface area contributed by atoms with Crippen molar-refractivity contribution >= 4 is 0 Å². The Morgan fingerprint density at radius 3 is 2.40 bits per heavy atom. The molecular weight excluding hydrogens is 374 g/mol. The minimum absolute atomic E-state index is 0.114. The van der Waals surface area contributed by atoms with E-state index in [0.717, 1.165) is 19.4 Å². The lowest BCUT2D eigenvalue weighted by Gasteiger charge is -2.47. The van der Waals surface area contributed by atoms with Gasteiger partial charge in [0, 0.05) is 23.7 Å². The lowest BCUT2D eigenvalue weighted by Crippen LogP contribution is -2.55. The van der Waals surface area contributed by atoms with E-state index in [1.54, 1.807) is 0 Å². The van der Waals surface area contributed by atoms with Crippen LogP contribution in [-0.2, 0) is 14.4 Å². The van der Waals surface area contributed by atoms with Crippen molar-refractivity contribution in [2.45, 2.75) is 68.8 Å². The Kier molecular flexibility index (Phi) is 4.72. The first-order valence-electron chi connectivity index (χ1n) is 11.6. The van der Waals surface area contributed by atoms with E-state index in [0.29, 0.717) is 23.7 Å². The molecule has 7 atom stereocenters. The van der Waals surface area contributed by atoms with E-state index < -0.39 is 0 Å². The van der Waals surface area contributed by atoms with E-state index in [-0.39, 0.29) is 17.9 Å². The number of nitrogens with zero attached hydrogens (tertiary/aromatic N) is 1. The van der Waals surface area contributed by atoms with E-state index >= 15 is 0 Å². The van der Waals surface area contributed by atoms with Gasteiger partial charge in [-0.05, 0) is 37.3 Å². The molecule has 2 aliphatic heterocycles. The molecule has 4 nitrogen and oxygen atoms in total. The molecule has 2 saturated heterocycles. The van der Waals surface area contributed by atoms with Crippen molar-refractivity contribution in [2.24, 2.45) is 11.8 Å². The number of hydroxylamine groups is 2. The number of hydrogen-bond donors (Lipinski definition) is 0. The minimum atomic E-state index is -0.247. The van der Waals surface area contributed by atoms with Crippen molar-refractivity contribution in [2.75, 3.05) is 6.61 Å². The van der Waals surface area contributed by atoms with Crippen LogP contribution < -0.4 is 0 Å². The molecule has 30 heavy (non-hydrogen) atoms. The second-order valence-corrected chi connectivity index (χ2v) is 9.71. The summed E-state index contributed by atoms with van der Waals surface area (Å²) in [6, 6.07) is 21.8. The molecule has 0 spiro atoms. The smallest absolute Gasteiger partial charge is 0.184 e. The third-order valence-corrected chi connectivity index (χ3v) is 8.17. The summed E-state index contributed by atoms with van der Waals surface area (Å²) < 4.78 is 6.83. The molecule has 2 aliphatic carbocycles. The van der Waals surface area contributed by atoms with Gasteiger partial charge < -0.3 is 4.74 Å². The highest BCUT2D eigenvalue weighted by Gasteiger charge is 2.67. The lowest BCUT2D eigenvalue weighted by atomic mass is 9.76. The molecule has 0 N–H and O–H groups in total. The normalized spacial score (nSPS) is 40.6. The van der Waals surface area contributed by atoms with Crippen molar-refractivity contribution in [3.05, 3.63) is 71.8 Å². The van der Waals surface area contributed by atoms with E-state index in [9.17, 15) is 0 Å². The van der Waals surface area contributed by atoms with E-state index in [2.05, 4.69) is 67.6 Å². The number of ether oxygens (including phenoxy) is 1. The quantitative estimate of drug-likeness (QED) is 0.679. The molecular formula is C26H31NO3. The zero-order chi connectivity index (χ0) is 20.1. The fourth-order valence-electron chi connectivity index (χ4n) is 6.66. The van der Waals surface area contributed by atoms with Crippen LogP contribution in [0.2, 0.25) is 0 Å². The maximum absolute atomic E-state index is 6.83. The highest BCUT2D eigenvalue weighted by molar-refractivity contribution is 5.30. The second kappa shape index (κ2) is 7.45. The Balaban J connectivity index is 1.30. The molecule has 2 bridgehead atoms. The average molecular weight is 406 g/mol. The van der Waals surface area contributed by atoms with Gasteiger partial charge in [0.05, 0.1) is 18.2 Å². The van der Waals surface area contributed by atoms with Gasteiger partial charge in [-0.1, -0.05) is 78.7 Å². The van der Waals surface area contributed by atoms with Gasteiger partial charge >= 0.3 is 0 Å². The molecule has 0 amide bonds. The summed E-state index contributed by atoms with van der Waals surface area (Å²) in [4.78, 5) is 12.4. The van der Waals surface area contributed by atoms with Crippen molar-refractivity contribution in [1.82, 2.24) is 5.23 Å². The van der Waals surface area contributed by atoms with Crippen LogP contribution in [-0.4, -0.2) is 29.8 Å². The number of fused-ring (bicyclic) bond motifs is 1. The van der Waals surface area contributed by atoms with Crippen LogP contribution in [0.5, 0.6) is 0 Å². The van der Waals surface area contributed by atoms with Crippen molar-refractivity contribution < 1.29 is 14.4 Å². The highest BCUT2D eigenvalue weighted by atomic mass is 17.0. The van der Waals surface area contributed by atoms with Gasteiger partial charge in [-0.3, -0.25) is 4.84 Å². The van der Waals surface area contributed by atoms with Gasteiger partial charge in [-0.2, -0.15) is 0 Å². The Morgan fingerprint density at radius 1 is 0.933 bits per heavy atom. The Morgan fingerprint density at radius 2 is 1.63 bits per heavy atom. The van der Waals surface area contributed by atoms with Gasteiger partial charge in [0.1, 0.15) is 0 Å². The molecule has 4 aliphatic rings. The van der Waals surface area contributed by atoms with Gasteiger partial charge in [0.25, 0.3) is 0 Å². The molecule has 6 rings (SSSR count). The Hall–Kier alpha value is -1.72. The monoisotopic (exact) mass is 405 g/mol. The zero-order valence-corrected chi connectivity index (χ0v) is 17.7. The molecule has 4 fully saturated rings. The van der Waals surface area contributed by atoms with Crippen molar-refractivity contribution in [1.29, 1.82) is 0 Å². The summed E-state index contributed by atoms with van der Waals surface area (Å²) in [7, 11) is 0. The highest BCUT2D eigenvalue weighted by Crippen LogP contribution is 2.61. The Labute approximate surface area is 179 Å². The predicted molar refractivity (Wildman–Crippen MR) is 114 cm³/mol. The third-order valence-electron chi connectivity index (χ3n) is 8.17. The first-order valence-corrected chi connectivity index (χ1v) is 11.6. The van der Waals surface area contributed by atoms with Gasteiger partial charge in [0.15, 0.2) is 6.29 Å². The van der Waals surface area contributed by atoms with Crippen LogP contribution in [0.15, 0.2) is 60.7 Å². The summed E-state index contributed by atoms with van der Waals surface area (Å²) in [5.41, 5.74) is 2.66. The topological polar surface area (TPSA) is 30.9 Å². The number of rotatable bonds is 4. The molecule has 2 heterocycles. The van der Waals surface area contributed by atoms with Crippen LogP contribution in [0.1, 0.15) is 62.0 Å². The van der Waals surface area contributed by atoms with E-state index in [1.165, 1.54) is 30.4 Å². The molecule has 2 aromatic carbocycles. The maximum Gasteiger partial charge on any atom is 0.184 e. The molecule has 2 aromatic rings. The number of benzene rings is 2. The van der Waals surface area contributed by atoms with Crippen molar-refractivity contribution in [3.8, 4) is 0 Å². The first kappa shape index (κ1) is 19.0. The zero-order valence-electron chi connectivity index (χ0n) is 17.7. The van der Waals surface area contributed by atoms with Gasteiger partial charge in [-0.25, -0.2) is 4.84 Å². The molecule has 2 saturated carbocycles. The Bertz CT molecular complexity index is 874. The lowest BCUT2D eigenvalue weighted by molar-refractivity contribution is -0.460. The van der Waals surface area contributed by atoms with Crippen LogP contribution >= 0.6 is 0 Å². The maximum atomic E-state index is 6.83. The summed E-state index contributed by atoms with van der Waals surface area (Å²) in [6.07, 6.45) is 5.85. The van der Waals surface area contributed by atoms with Crippen molar-refractivity contribution in [3.63, 3.8) is 0 Å². The fourth-order valence-corrected chi connectivity index (χ4v) is 6.66. The standard InChI is InChI=1S/C26H31NO3/c1-26-20-16-22(24(26)19-12-6-3-7-13-19)25(30-27(26)28-17-20)29-23-15-9-8-14-21(23)18-10-4-2-5-11-18/h2-7,10-13,20-25H,8-9,14-17H2,1H3/t20-,21+,22-,23-,24+,25-,26+/m1/s1. The average Bonchev–Trinajstić information content (AvgIpc) is 3.23. The van der Waals surface area contributed by atoms with Gasteiger partial charge in [0.2, 0.25) is 0 Å². The van der Waals surface area contributed by atoms with E-state index in [4.69, 9.17) is 14.4 Å². The molecule has 158 valence electrons. The molecule has 0 unspecified atom stereocenters. The third kappa shape index (κ3) is 2.89. The SMILES string of the molecule is C[C@@]12[C@H]3CON1O[C@@H](O[C@@H]1CCCC[C@H]1c1ccccc1)[C@H](C3)[C@@H]2c1ccccc1. The minimum Gasteiger partial charge on any atom is -0.347 e. The second-order valence-electron chi connectivity index (χ2n) is 9.71. The van der Waals surface area contributed by atoms with Gasteiger partial charge in [-0.15, -0.1) is 0 Å².